The predicted molar refractivity (Wildman–Crippen MR) is 67.9 cm³/mol. The molecule has 3 N–H and O–H groups in total. The predicted octanol–water partition coefficient (Wildman–Crippen LogP) is 2.60. The number of carbonyl (C=O) groups excluding carboxylic acids is 1. The zero-order valence-corrected chi connectivity index (χ0v) is 11.0. The lowest BCUT2D eigenvalue weighted by Gasteiger charge is -2.12. The van der Waals surface area contributed by atoms with Gasteiger partial charge in [0.15, 0.2) is 0 Å². The van der Waals surface area contributed by atoms with Gasteiger partial charge in [0.05, 0.1) is 23.4 Å². The summed E-state index contributed by atoms with van der Waals surface area (Å²) < 4.78 is 0.840. The summed E-state index contributed by atoms with van der Waals surface area (Å²) in [6.45, 7) is 1.59. The van der Waals surface area contributed by atoms with Crippen LogP contribution in [0.3, 0.4) is 0 Å². The average molecular weight is 308 g/mol. The first-order chi connectivity index (χ1) is 7.52. The minimum atomic E-state index is -0.397. The Morgan fingerprint density at radius 3 is 2.88 bits per heavy atom. The Morgan fingerprint density at radius 2 is 2.31 bits per heavy atom. The second kappa shape index (κ2) is 6.08. The Labute approximate surface area is 107 Å². The van der Waals surface area contributed by atoms with Gasteiger partial charge in [0, 0.05) is 4.47 Å². The molecule has 0 fully saturated rings. The topological polar surface area (TPSA) is 61.4 Å². The molecule has 0 spiro atoms. The van der Waals surface area contributed by atoms with Crippen molar-refractivity contribution in [1.82, 2.24) is 5.32 Å². The Bertz CT molecular complexity index is 387. The lowest BCUT2D eigenvalue weighted by molar-refractivity contribution is 0.229. The molecule has 0 saturated carbocycles. The molecule has 2 amide bonds. The van der Waals surface area contributed by atoms with E-state index in [4.69, 9.17) is 16.7 Å². The van der Waals surface area contributed by atoms with Crippen molar-refractivity contribution in [1.29, 1.82) is 0 Å². The Hall–Kier alpha value is -0.780. The summed E-state index contributed by atoms with van der Waals surface area (Å²) in [4.78, 5) is 11.4. The maximum Gasteiger partial charge on any atom is 0.319 e. The molecule has 88 valence electrons. The van der Waals surface area contributed by atoms with E-state index in [0.717, 1.165) is 4.47 Å². The molecule has 1 atom stereocenters. The number of urea groups is 1. The molecule has 0 heterocycles. The first-order valence-electron chi connectivity index (χ1n) is 4.66. The number of aliphatic hydroxyl groups excluding tert-OH is 1. The standard InChI is InChI=1S/C10H12BrClN2O2/c1-6(5-15)13-10(16)14-9-3-2-7(11)4-8(9)12/h2-4,6,15H,5H2,1H3,(H2,13,14,16)/t6-/m0/s1. The van der Waals surface area contributed by atoms with Crippen molar-refractivity contribution < 1.29 is 9.90 Å². The van der Waals surface area contributed by atoms with Gasteiger partial charge >= 0.3 is 6.03 Å². The van der Waals surface area contributed by atoms with E-state index >= 15 is 0 Å². The van der Waals surface area contributed by atoms with E-state index in [0.29, 0.717) is 10.7 Å². The van der Waals surface area contributed by atoms with E-state index in [9.17, 15) is 4.79 Å². The third-order valence-corrected chi connectivity index (χ3v) is 2.64. The molecule has 0 saturated heterocycles. The zero-order chi connectivity index (χ0) is 12.1. The zero-order valence-electron chi connectivity index (χ0n) is 8.63. The number of hydrogen-bond acceptors (Lipinski definition) is 2. The van der Waals surface area contributed by atoms with E-state index in [2.05, 4.69) is 26.6 Å². The van der Waals surface area contributed by atoms with E-state index in [-0.39, 0.29) is 12.6 Å². The number of hydrogen-bond donors (Lipinski definition) is 3. The van der Waals surface area contributed by atoms with E-state index in [1.807, 2.05) is 0 Å². The molecule has 6 heteroatoms. The summed E-state index contributed by atoms with van der Waals surface area (Å²) in [6.07, 6.45) is 0. The first kappa shape index (κ1) is 13.3. The van der Waals surface area contributed by atoms with Crippen molar-refractivity contribution in [3.05, 3.63) is 27.7 Å². The molecule has 0 aromatic heterocycles. The molecule has 0 unspecified atom stereocenters. The van der Waals surface area contributed by atoms with Crippen LogP contribution in [0, 0.1) is 0 Å². The Balaban J connectivity index is 2.63. The first-order valence-corrected chi connectivity index (χ1v) is 5.83. The monoisotopic (exact) mass is 306 g/mol. The molecular weight excluding hydrogens is 295 g/mol. The van der Waals surface area contributed by atoms with Crippen LogP contribution in [-0.2, 0) is 0 Å². The van der Waals surface area contributed by atoms with Gasteiger partial charge in [0.25, 0.3) is 0 Å². The normalized spacial score (nSPS) is 12.0. The number of rotatable bonds is 3. The van der Waals surface area contributed by atoms with Crippen LogP contribution in [0.15, 0.2) is 22.7 Å². The van der Waals surface area contributed by atoms with Gasteiger partial charge in [-0.1, -0.05) is 27.5 Å². The van der Waals surface area contributed by atoms with Crippen LogP contribution >= 0.6 is 27.5 Å². The van der Waals surface area contributed by atoms with Gasteiger partial charge < -0.3 is 15.7 Å². The number of aliphatic hydroxyl groups is 1. The van der Waals surface area contributed by atoms with Crippen molar-refractivity contribution in [2.45, 2.75) is 13.0 Å². The quantitative estimate of drug-likeness (QED) is 0.804. The molecule has 16 heavy (non-hydrogen) atoms. The van der Waals surface area contributed by atoms with Gasteiger partial charge in [-0.25, -0.2) is 4.79 Å². The third-order valence-electron chi connectivity index (χ3n) is 1.83. The van der Waals surface area contributed by atoms with Crippen LogP contribution in [0.4, 0.5) is 10.5 Å². The van der Waals surface area contributed by atoms with Crippen molar-refractivity contribution >= 4 is 39.2 Å². The van der Waals surface area contributed by atoms with Crippen LogP contribution in [0.5, 0.6) is 0 Å². The van der Waals surface area contributed by atoms with Gasteiger partial charge in [-0.15, -0.1) is 0 Å². The molecule has 0 radical (unpaired) electrons. The summed E-state index contributed by atoms with van der Waals surface area (Å²) in [6, 6.07) is 4.46. The summed E-state index contributed by atoms with van der Waals surface area (Å²) in [5, 5.41) is 14.3. The van der Waals surface area contributed by atoms with Gasteiger partial charge in [-0.05, 0) is 25.1 Å². The highest BCUT2D eigenvalue weighted by molar-refractivity contribution is 9.10. The fourth-order valence-electron chi connectivity index (χ4n) is 1.02. The van der Waals surface area contributed by atoms with Gasteiger partial charge in [0.2, 0.25) is 0 Å². The fraction of sp³-hybridized carbons (Fsp3) is 0.300. The highest BCUT2D eigenvalue weighted by Crippen LogP contribution is 2.25. The number of amides is 2. The highest BCUT2D eigenvalue weighted by atomic mass is 79.9. The number of nitrogens with one attached hydrogen (secondary N) is 2. The third kappa shape index (κ3) is 4.00. The van der Waals surface area contributed by atoms with Gasteiger partial charge in [-0.2, -0.15) is 0 Å². The molecule has 0 aliphatic rings. The molecule has 1 rings (SSSR count). The summed E-state index contributed by atoms with van der Waals surface area (Å²) >= 11 is 9.19. The van der Waals surface area contributed by atoms with Gasteiger partial charge in [0.1, 0.15) is 0 Å². The molecular formula is C10H12BrClN2O2. The lowest BCUT2D eigenvalue weighted by atomic mass is 10.3. The van der Waals surface area contributed by atoms with Crippen LogP contribution in [0.2, 0.25) is 5.02 Å². The van der Waals surface area contributed by atoms with Crippen molar-refractivity contribution in [3.63, 3.8) is 0 Å². The Morgan fingerprint density at radius 1 is 1.62 bits per heavy atom. The molecule has 4 nitrogen and oxygen atoms in total. The maximum absolute atomic E-state index is 11.4. The highest BCUT2D eigenvalue weighted by Gasteiger charge is 2.08. The SMILES string of the molecule is C[C@@H](CO)NC(=O)Nc1ccc(Br)cc1Cl. The second-order valence-electron chi connectivity index (χ2n) is 3.31. The smallest absolute Gasteiger partial charge is 0.319 e. The summed E-state index contributed by atoms with van der Waals surface area (Å²) in [7, 11) is 0. The number of anilines is 1. The number of halogens is 2. The molecule has 0 bridgehead atoms. The summed E-state index contributed by atoms with van der Waals surface area (Å²) in [5.41, 5.74) is 0.521. The van der Waals surface area contributed by atoms with Crippen molar-refractivity contribution in [2.24, 2.45) is 0 Å². The Kier molecular flexibility index (Phi) is 5.05. The molecule has 1 aromatic rings. The van der Waals surface area contributed by atoms with Crippen molar-refractivity contribution in [2.75, 3.05) is 11.9 Å². The van der Waals surface area contributed by atoms with Crippen LogP contribution < -0.4 is 10.6 Å². The van der Waals surface area contributed by atoms with Gasteiger partial charge in [-0.3, -0.25) is 0 Å². The van der Waals surface area contributed by atoms with Crippen LogP contribution in [0.1, 0.15) is 6.92 Å². The second-order valence-corrected chi connectivity index (χ2v) is 4.63. The van der Waals surface area contributed by atoms with Crippen LogP contribution in [0.25, 0.3) is 0 Å². The molecule has 0 aliphatic carbocycles. The minimum Gasteiger partial charge on any atom is -0.394 e. The van der Waals surface area contributed by atoms with Crippen molar-refractivity contribution in [3.8, 4) is 0 Å². The minimum absolute atomic E-state index is 0.110. The van der Waals surface area contributed by atoms with E-state index in [1.54, 1.807) is 25.1 Å². The maximum atomic E-state index is 11.4. The number of benzene rings is 1. The summed E-state index contributed by atoms with van der Waals surface area (Å²) in [5.74, 6) is 0. The van der Waals surface area contributed by atoms with E-state index < -0.39 is 6.03 Å². The molecule has 1 aromatic carbocycles. The number of carbonyl (C=O) groups is 1. The lowest BCUT2D eigenvalue weighted by Crippen LogP contribution is -2.38. The van der Waals surface area contributed by atoms with E-state index in [1.165, 1.54) is 0 Å². The fourth-order valence-corrected chi connectivity index (χ4v) is 1.74. The average Bonchev–Trinajstić information content (AvgIpc) is 2.22. The van der Waals surface area contributed by atoms with Crippen LogP contribution in [-0.4, -0.2) is 23.8 Å². The largest absolute Gasteiger partial charge is 0.394 e. The molecule has 0 aliphatic heterocycles.